The molecule has 0 bridgehead atoms. The molecule has 2 rings (SSSR count). The lowest BCUT2D eigenvalue weighted by atomic mass is 10.1. The Morgan fingerprint density at radius 1 is 1.42 bits per heavy atom. The van der Waals surface area contributed by atoms with Gasteiger partial charge in [-0.05, 0) is 13.8 Å². The van der Waals surface area contributed by atoms with Crippen LogP contribution in [0, 0.1) is 0 Å². The molecule has 0 radical (unpaired) electrons. The molecule has 12 heavy (non-hydrogen) atoms. The molecule has 2 unspecified atom stereocenters. The molecule has 2 aliphatic heterocycles. The SMILES string of the molecule is CC(C)N1CCOC2CNCC21. The molecule has 70 valence electrons. The number of hydrogen-bond donors (Lipinski definition) is 1. The number of hydrogen-bond acceptors (Lipinski definition) is 3. The van der Waals surface area contributed by atoms with Crippen molar-refractivity contribution in [3.63, 3.8) is 0 Å². The van der Waals surface area contributed by atoms with Crippen LogP contribution in [0.1, 0.15) is 13.8 Å². The molecule has 1 N–H and O–H groups in total. The van der Waals surface area contributed by atoms with E-state index in [0.717, 1.165) is 26.2 Å². The molecule has 0 saturated carbocycles. The van der Waals surface area contributed by atoms with E-state index >= 15 is 0 Å². The summed E-state index contributed by atoms with van der Waals surface area (Å²) in [5.74, 6) is 0. The third-order valence-corrected chi connectivity index (χ3v) is 2.90. The van der Waals surface area contributed by atoms with Crippen LogP contribution < -0.4 is 5.32 Å². The molecule has 2 saturated heterocycles. The smallest absolute Gasteiger partial charge is 0.0867 e. The lowest BCUT2D eigenvalue weighted by Crippen LogP contribution is -2.53. The van der Waals surface area contributed by atoms with Crippen molar-refractivity contribution < 1.29 is 4.74 Å². The van der Waals surface area contributed by atoms with E-state index in [0.29, 0.717) is 18.2 Å². The third-order valence-electron chi connectivity index (χ3n) is 2.90. The summed E-state index contributed by atoms with van der Waals surface area (Å²) < 4.78 is 5.68. The average Bonchev–Trinajstić information content (AvgIpc) is 2.49. The summed E-state index contributed by atoms with van der Waals surface area (Å²) in [5.41, 5.74) is 0. The topological polar surface area (TPSA) is 24.5 Å². The van der Waals surface area contributed by atoms with Gasteiger partial charge in [-0.1, -0.05) is 0 Å². The monoisotopic (exact) mass is 170 g/mol. The van der Waals surface area contributed by atoms with Gasteiger partial charge in [0.05, 0.1) is 12.7 Å². The molecule has 2 fully saturated rings. The fourth-order valence-corrected chi connectivity index (χ4v) is 2.26. The van der Waals surface area contributed by atoms with Gasteiger partial charge in [0.1, 0.15) is 0 Å². The van der Waals surface area contributed by atoms with Gasteiger partial charge in [-0.15, -0.1) is 0 Å². The van der Waals surface area contributed by atoms with Gasteiger partial charge in [-0.25, -0.2) is 0 Å². The Balaban J connectivity index is 2.03. The second kappa shape index (κ2) is 3.32. The van der Waals surface area contributed by atoms with Crippen LogP contribution in [0.2, 0.25) is 0 Å². The van der Waals surface area contributed by atoms with Gasteiger partial charge in [0, 0.05) is 31.7 Å². The van der Waals surface area contributed by atoms with Gasteiger partial charge >= 0.3 is 0 Å². The van der Waals surface area contributed by atoms with Crippen LogP contribution in [-0.2, 0) is 4.74 Å². The Hall–Kier alpha value is -0.120. The molecule has 0 aromatic carbocycles. The summed E-state index contributed by atoms with van der Waals surface area (Å²) >= 11 is 0. The van der Waals surface area contributed by atoms with Crippen LogP contribution in [0.4, 0.5) is 0 Å². The van der Waals surface area contributed by atoms with E-state index in [9.17, 15) is 0 Å². The molecule has 3 heteroatoms. The van der Waals surface area contributed by atoms with Crippen molar-refractivity contribution in [1.29, 1.82) is 0 Å². The van der Waals surface area contributed by atoms with E-state index in [-0.39, 0.29) is 0 Å². The second-order valence-corrected chi connectivity index (χ2v) is 3.97. The van der Waals surface area contributed by atoms with Gasteiger partial charge < -0.3 is 10.1 Å². The van der Waals surface area contributed by atoms with Crippen LogP contribution in [-0.4, -0.2) is 49.3 Å². The number of fused-ring (bicyclic) bond motifs is 1. The van der Waals surface area contributed by atoms with Crippen LogP contribution in [0.5, 0.6) is 0 Å². The van der Waals surface area contributed by atoms with Crippen LogP contribution in [0.3, 0.4) is 0 Å². The van der Waals surface area contributed by atoms with Crippen LogP contribution in [0.15, 0.2) is 0 Å². The molecule has 3 nitrogen and oxygen atoms in total. The zero-order valence-electron chi connectivity index (χ0n) is 7.92. The minimum atomic E-state index is 0.446. The molecule has 2 atom stereocenters. The molecule has 0 aromatic rings. The van der Waals surface area contributed by atoms with Crippen molar-refractivity contribution in [3.05, 3.63) is 0 Å². The Morgan fingerprint density at radius 3 is 3.00 bits per heavy atom. The predicted octanol–water partition coefficient (Wildman–Crippen LogP) is 0.0674. The third kappa shape index (κ3) is 1.37. The minimum absolute atomic E-state index is 0.446. The summed E-state index contributed by atoms with van der Waals surface area (Å²) in [4.78, 5) is 2.55. The second-order valence-electron chi connectivity index (χ2n) is 3.97. The van der Waals surface area contributed by atoms with Crippen LogP contribution >= 0.6 is 0 Å². The zero-order chi connectivity index (χ0) is 8.55. The summed E-state index contributed by atoms with van der Waals surface area (Å²) in [6.07, 6.45) is 0.446. The highest BCUT2D eigenvalue weighted by molar-refractivity contribution is 4.93. The maximum Gasteiger partial charge on any atom is 0.0867 e. The normalized spacial score (nSPS) is 37.2. The molecular formula is C9H18N2O. The fourth-order valence-electron chi connectivity index (χ4n) is 2.26. The van der Waals surface area contributed by atoms with E-state index in [1.165, 1.54) is 0 Å². The van der Waals surface area contributed by atoms with E-state index in [1.807, 2.05) is 0 Å². The average molecular weight is 170 g/mol. The van der Waals surface area contributed by atoms with Gasteiger partial charge in [0.2, 0.25) is 0 Å². The van der Waals surface area contributed by atoms with Crippen molar-refractivity contribution in [2.75, 3.05) is 26.2 Å². The highest BCUT2D eigenvalue weighted by atomic mass is 16.5. The predicted molar refractivity (Wildman–Crippen MR) is 48.2 cm³/mol. The Morgan fingerprint density at radius 2 is 2.25 bits per heavy atom. The first-order chi connectivity index (χ1) is 5.79. The maximum absolute atomic E-state index is 5.68. The number of nitrogens with one attached hydrogen (secondary N) is 1. The highest BCUT2D eigenvalue weighted by Crippen LogP contribution is 2.19. The molecule has 0 aromatic heterocycles. The Kier molecular flexibility index (Phi) is 2.35. The number of nitrogens with zero attached hydrogens (tertiary/aromatic N) is 1. The summed E-state index contributed by atoms with van der Waals surface area (Å²) in [5, 5.41) is 3.38. The first-order valence-electron chi connectivity index (χ1n) is 4.87. The number of morpholine rings is 1. The van der Waals surface area contributed by atoms with Gasteiger partial charge in [-0.3, -0.25) is 4.90 Å². The largest absolute Gasteiger partial charge is 0.374 e. The zero-order valence-corrected chi connectivity index (χ0v) is 7.92. The van der Waals surface area contributed by atoms with Gasteiger partial charge in [-0.2, -0.15) is 0 Å². The molecule has 2 heterocycles. The quantitative estimate of drug-likeness (QED) is 0.602. The summed E-state index contributed by atoms with van der Waals surface area (Å²) in [7, 11) is 0. The lowest BCUT2D eigenvalue weighted by molar-refractivity contribution is -0.0580. The first kappa shape index (κ1) is 8.48. The summed E-state index contributed by atoms with van der Waals surface area (Å²) in [6, 6.07) is 1.28. The molecule has 0 amide bonds. The van der Waals surface area contributed by atoms with E-state index in [2.05, 4.69) is 24.1 Å². The van der Waals surface area contributed by atoms with Crippen molar-refractivity contribution in [3.8, 4) is 0 Å². The van der Waals surface area contributed by atoms with Crippen molar-refractivity contribution in [2.45, 2.75) is 32.0 Å². The molecule has 0 aliphatic carbocycles. The van der Waals surface area contributed by atoms with Crippen molar-refractivity contribution in [2.24, 2.45) is 0 Å². The van der Waals surface area contributed by atoms with E-state index < -0.39 is 0 Å². The molecule has 0 spiro atoms. The van der Waals surface area contributed by atoms with Gasteiger partial charge in [0.15, 0.2) is 0 Å². The number of ether oxygens (including phenoxy) is 1. The van der Waals surface area contributed by atoms with E-state index in [4.69, 9.17) is 4.74 Å². The maximum atomic E-state index is 5.68. The van der Waals surface area contributed by atoms with E-state index in [1.54, 1.807) is 0 Å². The van der Waals surface area contributed by atoms with Crippen molar-refractivity contribution >= 4 is 0 Å². The Bertz CT molecular complexity index is 161. The first-order valence-corrected chi connectivity index (χ1v) is 4.87. The van der Waals surface area contributed by atoms with Crippen LogP contribution in [0.25, 0.3) is 0 Å². The lowest BCUT2D eigenvalue weighted by Gasteiger charge is -2.39. The Labute approximate surface area is 74.1 Å². The minimum Gasteiger partial charge on any atom is -0.374 e. The molecule has 2 aliphatic rings. The summed E-state index contributed by atoms with van der Waals surface area (Å²) in [6.45, 7) is 8.67. The molecular weight excluding hydrogens is 152 g/mol. The number of rotatable bonds is 1. The van der Waals surface area contributed by atoms with Gasteiger partial charge in [0.25, 0.3) is 0 Å². The highest BCUT2D eigenvalue weighted by Gasteiger charge is 2.36. The standard InChI is InChI=1S/C9H18N2O/c1-7(2)11-3-4-12-9-6-10-5-8(9)11/h7-10H,3-6H2,1-2H3. The fraction of sp³-hybridized carbons (Fsp3) is 1.00. The van der Waals surface area contributed by atoms with Crippen molar-refractivity contribution in [1.82, 2.24) is 10.2 Å².